The van der Waals surface area contributed by atoms with Crippen LogP contribution in [0.3, 0.4) is 0 Å². The van der Waals surface area contributed by atoms with Gasteiger partial charge in [-0.2, -0.15) is 0 Å². The zero-order valence-corrected chi connectivity index (χ0v) is 11.9. The number of thiazole rings is 1. The molecule has 0 aliphatic carbocycles. The largest absolute Gasteiger partial charge is 0.345 e. The molecule has 2 heterocycles. The van der Waals surface area contributed by atoms with Gasteiger partial charge in [-0.1, -0.05) is 6.92 Å². The number of aromatic nitrogens is 1. The molecular formula is C13H23N3S. The Morgan fingerprint density at radius 1 is 1.53 bits per heavy atom. The highest BCUT2D eigenvalue weighted by Gasteiger charge is 2.24. The van der Waals surface area contributed by atoms with Crippen molar-refractivity contribution in [3.63, 3.8) is 0 Å². The molecule has 0 amide bonds. The van der Waals surface area contributed by atoms with Crippen molar-refractivity contribution in [3.8, 4) is 0 Å². The smallest absolute Gasteiger partial charge is 0.186 e. The summed E-state index contributed by atoms with van der Waals surface area (Å²) >= 11 is 1.78. The van der Waals surface area contributed by atoms with E-state index in [0.717, 1.165) is 12.2 Å². The van der Waals surface area contributed by atoms with Crippen molar-refractivity contribution in [2.24, 2.45) is 5.73 Å². The summed E-state index contributed by atoms with van der Waals surface area (Å²) in [5, 5.41) is 1.18. The van der Waals surface area contributed by atoms with Crippen molar-refractivity contribution in [2.75, 3.05) is 11.4 Å². The number of aryl methyl sites for hydroxylation is 1. The van der Waals surface area contributed by atoms with Gasteiger partial charge in [-0.15, -0.1) is 11.3 Å². The van der Waals surface area contributed by atoms with Crippen molar-refractivity contribution >= 4 is 16.5 Å². The molecular weight excluding hydrogens is 230 g/mol. The van der Waals surface area contributed by atoms with Gasteiger partial charge in [-0.3, -0.25) is 0 Å². The summed E-state index contributed by atoms with van der Waals surface area (Å²) in [5.41, 5.74) is 7.09. The quantitative estimate of drug-likeness (QED) is 0.899. The summed E-state index contributed by atoms with van der Waals surface area (Å²) in [6, 6.07) is 0.779. The Morgan fingerprint density at radius 3 is 2.88 bits per heavy atom. The van der Waals surface area contributed by atoms with Crippen LogP contribution in [0.2, 0.25) is 0 Å². The van der Waals surface area contributed by atoms with Crippen LogP contribution in [0.1, 0.15) is 56.1 Å². The summed E-state index contributed by atoms with van der Waals surface area (Å²) in [6.45, 7) is 7.54. The Bertz CT molecular complexity index is 373. The normalized spacial score (nSPS) is 22.8. The van der Waals surface area contributed by atoms with Gasteiger partial charge in [0.15, 0.2) is 5.13 Å². The molecule has 1 aliphatic rings. The average Bonchev–Trinajstić information content (AvgIpc) is 2.71. The summed E-state index contributed by atoms with van der Waals surface area (Å²) in [5.74, 6) is 0. The van der Waals surface area contributed by atoms with Gasteiger partial charge in [0.25, 0.3) is 0 Å². The molecule has 0 radical (unpaired) electrons. The van der Waals surface area contributed by atoms with Crippen LogP contribution in [0.15, 0.2) is 0 Å². The van der Waals surface area contributed by atoms with Crippen LogP contribution in [0.5, 0.6) is 0 Å². The second-order valence-electron chi connectivity index (χ2n) is 4.99. The van der Waals surface area contributed by atoms with Crippen LogP contribution in [-0.4, -0.2) is 17.6 Å². The van der Waals surface area contributed by atoms with E-state index >= 15 is 0 Å². The van der Waals surface area contributed by atoms with Gasteiger partial charge in [-0.25, -0.2) is 4.98 Å². The monoisotopic (exact) mass is 253 g/mol. The lowest BCUT2D eigenvalue weighted by atomic mass is 10.0. The second-order valence-corrected chi connectivity index (χ2v) is 6.00. The molecule has 0 spiro atoms. The number of piperidine rings is 1. The molecule has 2 N–H and O–H groups in total. The first-order valence-electron chi connectivity index (χ1n) is 6.63. The maximum absolute atomic E-state index is 5.98. The number of hydrogen-bond acceptors (Lipinski definition) is 4. The first-order chi connectivity index (χ1) is 8.13. The number of rotatable bonds is 3. The fourth-order valence-electron chi connectivity index (χ4n) is 2.62. The molecule has 2 rings (SSSR count). The van der Waals surface area contributed by atoms with Gasteiger partial charge in [0.1, 0.15) is 0 Å². The Balaban J connectivity index is 2.23. The standard InChI is InChI=1S/C13H23N3S/c1-4-11-7-5-6-8-16(11)13-15-10(3)12(17-13)9(2)14/h9,11H,4-8,14H2,1-3H3. The van der Waals surface area contributed by atoms with Crippen LogP contribution in [-0.2, 0) is 0 Å². The Morgan fingerprint density at radius 2 is 2.29 bits per heavy atom. The van der Waals surface area contributed by atoms with Crippen molar-refractivity contribution in [3.05, 3.63) is 10.6 Å². The maximum Gasteiger partial charge on any atom is 0.186 e. The molecule has 3 nitrogen and oxygen atoms in total. The molecule has 0 bridgehead atoms. The number of hydrogen-bond donors (Lipinski definition) is 1. The molecule has 1 aromatic rings. The Hall–Kier alpha value is -0.610. The van der Waals surface area contributed by atoms with E-state index in [-0.39, 0.29) is 6.04 Å². The zero-order chi connectivity index (χ0) is 12.4. The highest BCUT2D eigenvalue weighted by molar-refractivity contribution is 7.15. The first-order valence-corrected chi connectivity index (χ1v) is 7.44. The molecule has 1 saturated heterocycles. The fourth-order valence-corrected chi connectivity index (χ4v) is 3.73. The predicted molar refractivity (Wildman–Crippen MR) is 74.7 cm³/mol. The van der Waals surface area contributed by atoms with E-state index in [1.54, 1.807) is 11.3 Å². The molecule has 0 aromatic carbocycles. The second kappa shape index (κ2) is 5.36. The minimum atomic E-state index is 0.103. The summed E-state index contributed by atoms with van der Waals surface area (Å²) in [7, 11) is 0. The van der Waals surface area contributed by atoms with Crippen LogP contribution < -0.4 is 10.6 Å². The van der Waals surface area contributed by atoms with Crippen molar-refractivity contribution in [1.82, 2.24) is 4.98 Å². The highest BCUT2D eigenvalue weighted by atomic mass is 32.1. The number of anilines is 1. The van der Waals surface area contributed by atoms with Crippen LogP contribution >= 0.6 is 11.3 Å². The van der Waals surface area contributed by atoms with E-state index in [1.165, 1.54) is 35.7 Å². The highest BCUT2D eigenvalue weighted by Crippen LogP contribution is 2.33. The third-order valence-electron chi connectivity index (χ3n) is 3.58. The van der Waals surface area contributed by atoms with Gasteiger partial charge >= 0.3 is 0 Å². The average molecular weight is 253 g/mol. The predicted octanol–water partition coefficient (Wildman–Crippen LogP) is 3.24. The molecule has 2 atom stereocenters. The first kappa shape index (κ1) is 12.8. The van der Waals surface area contributed by atoms with Crippen LogP contribution in [0.4, 0.5) is 5.13 Å². The van der Waals surface area contributed by atoms with Gasteiger partial charge in [-0.05, 0) is 39.5 Å². The van der Waals surface area contributed by atoms with Gasteiger partial charge in [0.05, 0.1) is 5.69 Å². The van der Waals surface area contributed by atoms with E-state index in [0.29, 0.717) is 6.04 Å². The Kier molecular flexibility index (Phi) is 4.05. The summed E-state index contributed by atoms with van der Waals surface area (Å²) in [6.07, 6.45) is 5.18. The third kappa shape index (κ3) is 2.63. The lowest BCUT2D eigenvalue weighted by molar-refractivity contribution is 0.449. The van der Waals surface area contributed by atoms with Crippen LogP contribution in [0, 0.1) is 6.92 Å². The van der Waals surface area contributed by atoms with E-state index < -0.39 is 0 Å². The maximum atomic E-state index is 5.98. The van der Waals surface area contributed by atoms with E-state index in [4.69, 9.17) is 10.7 Å². The SMILES string of the molecule is CCC1CCCCN1c1nc(C)c(C(C)N)s1. The number of nitrogens with two attached hydrogens (primary N) is 1. The lowest BCUT2D eigenvalue weighted by Crippen LogP contribution is -2.39. The van der Waals surface area contributed by atoms with E-state index in [9.17, 15) is 0 Å². The van der Waals surface area contributed by atoms with E-state index in [1.807, 2.05) is 6.92 Å². The minimum Gasteiger partial charge on any atom is -0.345 e. The summed E-state index contributed by atoms with van der Waals surface area (Å²) in [4.78, 5) is 8.45. The minimum absolute atomic E-state index is 0.103. The molecule has 1 aromatic heterocycles. The molecule has 4 heteroatoms. The fraction of sp³-hybridized carbons (Fsp3) is 0.769. The van der Waals surface area contributed by atoms with Crippen molar-refractivity contribution < 1.29 is 0 Å². The van der Waals surface area contributed by atoms with Crippen molar-refractivity contribution in [2.45, 2.75) is 58.5 Å². The topological polar surface area (TPSA) is 42.2 Å². The number of nitrogens with zero attached hydrogens (tertiary/aromatic N) is 2. The van der Waals surface area contributed by atoms with Gasteiger partial charge < -0.3 is 10.6 Å². The van der Waals surface area contributed by atoms with Gasteiger partial charge in [0.2, 0.25) is 0 Å². The molecule has 0 saturated carbocycles. The summed E-state index contributed by atoms with van der Waals surface area (Å²) < 4.78 is 0. The third-order valence-corrected chi connectivity index (χ3v) is 4.97. The van der Waals surface area contributed by atoms with E-state index in [2.05, 4.69) is 18.7 Å². The van der Waals surface area contributed by atoms with Crippen LogP contribution in [0.25, 0.3) is 0 Å². The Labute approximate surface area is 108 Å². The van der Waals surface area contributed by atoms with Crippen molar-refractivity contribution in [1.29, 1.82) is 0 Å². The molecule has 17 heavy (non-hydrogen) atoms. The zero-order valence-electron chi connectivity index (χ0n) is 11.1. The van der Waals surface area contributed by atoms with Gasteiger partial charge in [0, 0.05) is 23.5 Å². The molecule has 1 aliphatic heterocycles. The lowest BCUT2D eigenvalue weighted by Gasteiger charge is -2.35. The molecule has 96 valence electrons. The molecule has 1 fully saturated rings. The molecule has 2 unspecified atom stereocenters.